The zero-order valence-electron chi connectivity index (χ0n) is 13.3. The Bertz CT molecular complexity index is 992. The molecule has 0 atom stereocenters. The third-order valence-corrected chi connectivity index (χ3v) is 4.19. The molecule has 4 rings (SSSR count). The van der Waals surface area contributed by atoms with E-state index >= 15 is 0 Å². The van der Waals surface area contributed by atoms with E-state index in [0.29, 0.717) is 5.75 Å². The van der Waals surface area contributed by atoms with Gasteiger partial charge in [0.15, 0.2) is 0 Å². The summed E-state index contributed by atoms with van der Waals surface area (Å²) < 4.78 is 5.59. The summed E-state index contributed by atoms with van der Waals surface area (Å²) in [4.78, 5) is 11.6. The van der Waals surface area contributed by atoms with Crippen LogP contribution in [0, 0.1) is 0 Å². The number of rotatable bonds is 2. The van der Waals surface area contributed by atoms with Gasteiger partial charge in [0.2, 0.25) is 0 Å². The summed E-state index contributed by atoms with van der Waals surface area (Å²) in [7, 11) is 0. The van der Waals surface area contributed by atoms with Crippen molar-refractivity contribution in [3.63, 3.8) is 0 Å². The maximum absolute atomic E-state index is 11.6. The summed E-state index contributed by atoms with van der Waals surface area (Å²) in [5.74, 6) is 0.325. The van der Waals surface area contributed by atoms with Crippen molar-refractivity contribution in [1.82, 2.24) is 0 Å². The zero-order valence-corrected chi connectivity index (χ0v) is 13.3. The van der Waals surface area contributed by atoms with Crippen LogP contribution in [0.15, 0.2) is 78.9 Å². The average Bonchev–Trinajstić information content (AvgIpc) is 2.62. The van der Waals surface area contributed by atoms with Gasteiger partial charge in [-0.2, -0.15) is 0 Å². The molecule has 0 amide bonds. The number of hydrogen-bond donors (Lipinski definition) is 0. The van der Waals surface area contributed by atoms with Crippen LogP contribution in [-0.2, 0) is 4.79 Å². The topological polar surface area (TPSA) is 26.3 Å². The molecular formula is C22H16O2. The van der Waals surface area contributed by atoms with Gasteiger partial charge in [0, 0.05) is 17.7 Å². The Morgan fingerprint density at radius 3 is 1.62 bits per heavy atom. The second kappa shape index (κ2) is 5.82. The van der Waals surface area contributed by atoms with E-state index < -0.39 is 0 Å². The number of carbonyl (C=O) groups excluding carboxylic acids is 1. The van der Waals surface area contributed by atoms with Crippen molar-refractivity contribution in [3.05, 3.63) is 78.9 Å². The van der Waals surface area contributed by atoms with Crippen molar-refractivity contribution in [3.8, 4) is 16.9 Å². The number of fused-ring (bicyclic) bond motifs is 2. The van der Waals surface area contributed by atoms with Crippen molar-refractivity contribution < 1.29 is 9.53 Å². The molecule has 0 heterocycles. The molecule has 2 heteroatoms. The highest BCUT2D eigenvalue weighted by atomic mass is 16.5. The standard InChI is InChI=1S/C22H16O2/c1-15(23)24-22-19-13-7-5-11-17(19)21(16-9-3-2-4-10-16)18-12-6-8-14-20(18)22/h2-14H,1H3. The SMILES string of the molecule is CC(=O)Oc1c2ccccc2c(-c2ccccc2)c2ccccc12. The van der Waals surface area contributed by atoms with Gasteiger partial charge in [0.25, 0.3) is 0 Å². The van der Waals surface area contributed by atoms with Crippen molar-refractivity contribution in [2.45, 2.75) is 6.92 Å². The third kappa shape index (κ3) is 2.33. The van der Waals surface area contributed by atoms with E-state index in [2.05, 4.69) is 24.3 Å². The lowest BCUT2D eigenvalue weighted by Crippen LogP contribution is -2.03. The van der Waals surface area contributed by atoms with Crippen LogP contribution >= 0.6 is 0 Å². The molecule has 0 aliphatic rings. The van der Waals surface area contributed by atoms with Crippen LogP contribution in [0.3, 0.4) is 0 Å². The van der Waals surface area contributed by atoms with Gasteiger partial charge in [-0.3, -0.25) is 4.79 Å². The first kappa shape index (κ1) is 14.5. The normalized spacial score (nSPS) is 10.9. The van der Waals surface area contributed by atoms with E-state index in [9.17, 15) is 4.79 Å². The van der Waals surface area contributed by atoms with Gasteiger partial charge in [0.05, 0.1) is 0 Å². The van der Waals surface area contributed by atoms with E-state index in [4.69, 9.17) is 4.74 Å². The highest BCUT2D eigenvalue weighted by Gasteiger charge is 2.16. The minimum Gasteiger partial charge on any atom is -0.425 e. The highest BCUT2D eigenvalue weighted by Crippen LogP contribution is 2.42. The molecule has 0 bridgehead atoms. The summed E-state index contributed by atoms with van der Waals surface area (Å²) in [6.45, 7) is 1.44. The Hall–Kier alpha value is -3.13. The van der Waals surface area contributed by atoms with Crippen molar-refractivity contribution >= 4 is 27.5 Å². The Labute approximate surface area is 140 Å². The third-order valence-electron chi connectivity index (χ3n) is 4.19. The van der Waals surface area contributed by atoms with Crippen LogP contribution in [0.25, 0.3) is 32.7 Å². The predicted octanol–water partition coefficient (Wildman–Crippen LogP) is 5.59. The van der Waals surface area contributed by atoms with E-state index in [1.165, 1.54) is 6.92 Å². The minimum absolute atomic E-state index is 0.308. The molecule has 0 aliphatic heterocycles. The summed E-state index contributed by atoms with van der Waals surface area (Å²) in [6, 6.07) is 26.5. The van der Waals surface area contributed by atoms with E-state index in [1.54, 1.807) is 0 Å². The molecule has 24 heavy (non-hydrogen) atoms. The second-order valence-electron chi connectivity index (χ2n) is 5.75. The fourth-order valence-electron chi connectivity index (χ4n) is 3.26. The summed E-state index contributed by atoms with van der Waals surface area (Å²) in [5, 5.41) is 4.06. The van der Waals surface area contributed by atoms with Gasteiger partial charge in [-0.25, -0.2) is 0 Å². The van der Waals surface area contributed by atoms with Gasteiger partial charge in [0.1, 0.15) is 5.75 Å². The molecule has 4 aromatic rings. The fraction of sp³-hybridized carbons (Fsp3) is 0.0455. The molecule has 2 nitrogen and oxygen atoms in total. The molecular weight excluding hydrogens is 296 g/mol. The second-order valence-corrected chi connectivity index (χ2v) is 5.75. The Kier molecular flexibility index (Phi) is 3.51. The van der Waals surface area contributed by atoms with E-state index in [-0.39, 0.29) is 5.97 Å². The lowest BCUT2D eigenvalue weighted by Gasteiger charge is -2.16. The minimum atomic E-state index is -0.308. The number of benzene rings is 4. The summed E-state index contributed by atoms with van der Waals surface area (Å²) in [5.41, 5.74) is 2.32. The quantitative estimate of drug-likeness (QED) is 0.274. The first-order valence-corrected chi connectivity index (χ1v) is 7.93. The molecule has 0 radical (unpaired) electrons. The van der Waals surface area contributed by atoms with Gasteiger partial charge in [-0.05, 0) is 21.9 Å². The summed E-state index contributed by atoms with van der Waals surface area (Å²) >= 11 is 0. The molecule has 0 saturated heterocycles. The van der Waals surface area contributed by atoms with E-state index in [1.807, 2.05) is 54.6 Å². The first-order chi connectivity index (χ1) is 11.8. The van der Waals surface area contributed by atoms with Crippen LogP contribution in [0.5, 0.6) is 5.75 Å². The zero-order chi connectivity index (χ0) is 16.5. The number of carbonyl (C=O) groups is 1. The predicted molar refractivity (Wildman–Crippen MR) is 98.2 cm³/mol. The van der Waals surface area contributed by atoms with Crippen molar-refractivity contribution in [2.24, 2.45) is 0 Å². The van der Waals surface area contributed by atoms with Gasteiger partial charge >= 0.3 is 5.97 Å². The van der Waals surface area contributed by atoms with Gasteiger partial charge in [-0.1, -0.05) is 78.9 Å². The molecule has 0 aromatic heterocycles. The number of esters is 1. The molecule has 4 aromatic carbocycles. The van der Waals surface area contributed by atoms with E-state index in [0.717, 1.165) is 32.7 Å². The molecule has 0 N–H and O–H groups in total. The molecule has 0 spiro atoms. The smallest absolute Gasteiger partial charge is 0.308 e. The fourth-order valence-corrected chi connectivity index (χ4v) is 3.26. The molecule has 116 valence electrons. The van der Waals surface area contributed by atoms with Crippen LogP contribution in [0.1, 0.15) is 6.92 Å². The molecule has 0 unspecified atom stereocenters. The largest absolute Gasteiger partial charge is 0.425 e. The van der Waals surface area contributed by atoms with Crippen LogP contribution < -0.4 is 4.74 Å². The number of ether oxygens (including phenoxy) is 1. The van der Waals surface area contributed by atoms with Gasteiger partial charge in [-0.15, -0.1) is 0 Å². The lowest BCUT2D eigenvalue weighted by atomic mass is 9.91. The maximum Gasteiger partial charge on any atom is 0.308 e. The Morgan fingerprint density at radius 1 is 0.667 bits per heavy atom. The molecule has 0 aliphatic carbocycles. The highest BCUT2D eigenvalue weighted by molar-refractivity contribution is 6.17. The van der Waals surface area contributed by atoms with Crippen LogP contribution in [0.4, 0.5) is 0 Å². The van der Waals surface area contributed by atoms with Crippen molar-refractivity contribution in [1.29, 1.82) is 0 Å². The first-order valence-electron chi connectivity index (χ1n) is 7.93. The lowest BCUT2D eigenvalue weighted by molar-refractivity contribution is -0.131. The number of hydrogen-bond acceptors (Lipinski definition) is 2. The van der Waals surface area contributed by atoms with Crippen LogP contribution in [0.2, 0.25) is 0 Å². The van der Waals surface area contributed by atoms with Crippen molar-refractivity contribution in [2.75, 3.05) is 0 Å². The molecule has 0 saturated carbocycles. The maximum atomic E-state index is 11.6. The summed E-state index contributed by atoms with van der Waals surface area (Å²) in [6.07, 6.45) is 0. The Morgan fingerprint density at radius 2 is 1.12 bits per heavy atom. The van der Waals surface area contributed by atoms with Gasteiger partial charge < -0.3 is 4.74 Å². The molecule has 0 fully saturated rings. The average molecular weight is 312 g/mol. The Balaban J connectivity index is 2.21. The monoisotopic (exact) mass is 312 g/mol. The van der Waals surface area contributed by atoms with Crippen LogP contribution in [-0.4, -0.2) is 5.97 Å².